The number of benzene rings is 1. The van der Waals surface area contributed by atoms with Gasteiger partial charge in [-0.3, -0.25) is 4.79 Å². The number of hydrogen-bond donors (Lipinski definition) is 2. The van der Waals surface area contributed by atoms with Crippen molar-refractivity contribution in [1.82, 2.24) is 5.32 Å². The summed E-state index contributed by atoms with van der Waals surface area (Å²) in [5.41, 5.74) is -0.362. The lowest BCUT2D eigenvalue weighted by Gasteiger charge is -2.07. The molecule has 0 aromatic heterocycles. The zero-order valence-corrected chi connectivity index (χ0v) is 11.2. The Labute approximate surface area is 106 Å². The second-order valence-electron chi connectivity index (χ2n) is 3.17. The summed E-state index contributed by atoms with van der Waals surface area (Å²) >= 11 is 2.87. The molecule has 17 heavy (non-hydrogen) atoms. The Kier molecular flexibility index (Phi) is 4.23. The number of nitrogens with one attached hydrogen (secondary N) is 1. The van der Waals surface area contributed by atoms with Crippen LogP contribution in [0.5, 0.6) is 0 Å². The highest BCUT2D eigenvalue weighted by Crippen LogP contribution is 2.24. The van der Waals surface area contributed by atoms with Crippen molar-refractivity contribution < 1.29 is 17.6 Å². The average Bonchev–Trinajstić information content (AvgIpc) is 2.15. The molecule has 94 valence electrons. The van der Waals surface area contributed by atoms with Crippen LogP contribution >= 0.6 is 15.9 Å². The molecule has 0 heterocycles. The molecule has 1 amide bonds. The van der Waals surface area contributed by atoms with Gasteiger partial charge in [-0.05, 0) is 35.0 Å². The highest BCUT2D eigenvalue weighted by atomic mass is 79.9. The molecule has 0 saturated carbocycles. The molecule has 0 spiro atoms. The van der Waals surface area contributed by atoms with E-state index in [1.165, 1.54) is 0 Å². The largest absolute Gasteiger partial charge is 0.352 e. The molecule has 0 fully saturated rings. The molecule has 0 saturated heterocycles. The molecule has 3 N–H and O–H groups in total. The van der Waals surface area contributed by atoms with Gasteiger partial charge in [-0.1, -0.05) is 0 Å². The normalized spacial score (nSPS) is 11.3. The zero-order chi connectivity index (χ0) is 13.2. The lowest BCUT2D eigenvalue weighted by molar-refractivity contribution is 0.0951. The lowest BCUT2D eigenvalue weighted by atomic mass is 10.2. The second-order valence-corrected chi connectivity index (χ2v) is 5.55. The number of rotatable bonds is 3. The standard InChI is InChI=1S/C9H10BrFN2O3S/c1-2-13-9(14)5-3-8(17(12,15)16)6(10)4-7(5)11/h3-4H,2H2,1H3,(H,13,14)(H2,12,15,16). The van der Waals surface area contributed by atoms with E-state index in [9.17, 15) is 17.6 Å². The van der Waals surface area contributed by atoms with Crippen LogP contribution < -0.4 is 10.5 Å². The third kappa shape index (κ3) is 3.24. The molecule has 0 aliphatic rings. The van der Waals surface area contributed by atoms with Crippen molar-refractivity contribution in [2.75, 3.05) is 6.54 Å². The van der Waals surface area contributed by atoms with Crippen LogP contribution in [-0.4, -0.2) is 20.9 Å². The fraction of sp³-hybridized carbons (Fsp3) is 0.222. The molecule has 0 unspecified atom stereocenters. The second kappa shape index (κ2) is 5.11. The maximum Gasteiger partial charge on any atom is 0.254 e. The molecule has 0 aliphatic heterocycles. The van der Waals surface area contributed by atoms with Gasteiger partial charge in [0.25, 0.3) is 5.91 Å². The molecular formula is C9H10BrFN2O3S. The number of primary sulfonamides is 1. The van der Waals surface area contributed by atoms with Crippen molar-refractivity contribution in [1.29, 1.82) is 0 Å². The number of amides is 1. The summed E-state index contributed by atoms with van der Waals surface area (Å²) in [6.07, 6.45) is 0. The predicted octanol–water partition coefficient (Wildman–Crippen LogP) is 0.985. The predicted molar refractivity (Wildman–Crippen MR) is 63.5 cm³/mol. The van der Waals surface area contributed by atoms with E-state index in [2.05, 4.69) is 21.2 Å². The van der Waals surface area contributed by atoms with E-state index in [4.69, 9.17) is 5.14 Å². The highest BCUT2D eigenvalue weighted by Gasteiger charge is 2.19. The average molecular weight is 325 g/mol. The monoisotopic (exact) mass is 324 g/mol. The van der Waals surface area contributed by atoms with Crippen LogP contribution in [0.3, 0.4) is 0 Å². The van der Waals surface area contributed by atoms with Crippen LogP contribution in [0.4, 0.5) is 4.39 Å². The number of hydrogen-bond acceptors (Lipinski definition) is 3. The van der Waals surface area contributed by atoms with Crippen molar-refractivity contribution in [2.24, 2.45) is 5.14 Å². The maximum absolute atomic E-state index is 13.5. The molecule has 1 aromatic carbocycles. The van der Waals surface area contributed by atoms with Gasteiger partial charge in [0, 0.05) is 11.0 Å². The SMILES string of the molecule is CCNC(=O)c1cc(S(N)(=O)=O)c(Br)cc1F. The van der Waals surface area contributed by atoms with E-state index in [1.807, 2.05) is 0 Å². The number of nitrogens with two attached hydrogens (primary N) is 1. The van der Waals surface area contributed by atoms with Gasteiger partial charge < -0.3 is 5.32 Å². The van der Waals surface area contributed by atoms with Crippen molar-refractivity contribution in [2.45, 2.75) is 11.8 Å². The van der Waals surface area contributed by atoms with Gasteiger partial charge in [0.2, 0.25) is 10.0 Å². The molecule has 8 heteroatoms. The van der Waals surface area contributed by atoms with Gasteiger partial charge in [-0.2, -0.15) is 0 Å². The number of sulfonamides is 1. The molecule has 0 atom stereocenters. The maximum atomic E-state index is 13.5. The van der Waals surface area contributed by atoms with Crippen LogP contribution in [0.15, 0.2) is 21.5 Å². The summed E-state index contributed by atoms with van der Waals surface area (Å²) in [7, 11) is -4.01. The van der Waals surface area contributed by atoms with Crippen molar-refractivity contribution in [3.05, 3.63) is 28.0 Å². The summed E-state index contributed by atoms with van der Waals surface area (Å²) in [5, 5.41) is 7.31. The first kappa shape index (κ1) is 14.1. The molecule has 1 aromatic rings. The summed E-state index contributed by atoms with van der Waals surface area (Å²) < 4.78 is 35.8. The van der Waals surface area contributed by atoms with Gasteiger partial charge in [-0.15, -0.1) is 0 Å². The minimum absolute atomic E-state index is 0.0226. The third-order valence-corrected chi connectivity index (χ3v) is 3.78. The summed E-state index contributed by atoms with van der Waals surface area (Å²) in [6, 6.07) is 1.80. The Hall–Kier alpha value is -0.990. The molecular weight excluding hydrogens is 315 g/mol. The topological polar surface area (TPSA) is 89.3 Å². The Morgan fingerprint density at radius 3 is 2.59 bits per heavy atom. The molecule has 0 radical (unpaired) electrons. The van der Waals surface area contributed by atoms with Gasteiger partial charge >= 0.3 is 0 Å². The van der Waals surface area contributed by atoms with Crippen LogP contribution in [0.2, 0.25) is 0 Å². The molecule has 0 bridgehead atoms. The fourth-order valence-corrected chi connectivity index (χ4v) is 2.78. The molecule has 0 aliphatic carbocycles. The van der Waals surface area contributed by atoms with Gasteiger partial charge in [-0.25, -0.2) is 17.9 Å². The van der Waals surface area contributed by atoms with Crippen LogP contribution in [-0.2, 0) is 10.0 Å². The third-order valence-electron chi connectivity index (χ3n) is 1.91. The van der Waals surface area contributed by atoms with Gasteiger partial charge in [0.1, 0.15) is 5.82 Å². The zero-order valence-electron chi connectivity index (χ0n) is 8.83. The van der Waals surface area contributed by atoms with E-state index in [-0.39, 0.29) is 14.9 Å². The summed E-state index contributed by atoms with van der Waals surface area (Å²) in [5.74, 6) is -1.52. The van der Waals surface area contributed by atoms with Crippen LogP contribution in [0.1, 0.15) is 17.3 Å². The quantitative estimate of drug-likeness (QED) is 0.868. The van der Waals surface area contributed by atoms with Crippen LogP contribution in [0, 0.1) is 5.82 Å². The molecule has 5 nitrogen and oxygen atoms in total. The first-order chi connectivity index (χ1) is 7.77. The Balaban J connectivity index is 3.39. The smallest absolute Gasteiger partial charge is 0.254 e. The van der Waals surface area contributed by atoms with E-state index >= 15 is 0 Å². The fourth-order valence-electron chi connectivity index (χ4n) is 1.18. The van der Waals surface area contributed by atoms with Crippen LogP contribution in [0.25, 0.3) is 0 Å². The lowest BCUT2D eigenvalue weighted by Crippen LogP contribution is -2.24. The Morgan fingerprint density at radius 1 is 1.53 bits per heavy atom. The van der Waals surface area contributed by atoms with Crippen molar-refractivity contribution >= 4 is 31.9 Å². The first-order valence-corrected chi connectivity index (χ1v) is 6.91. The number of carbonyl (C=O) groups excluding carboxylic acids is 1. The minimum atomic E-state index is -4.01. The van der Waals surface area contributed by atoms with E-state index in [0.29, 0.717) is 6.54 Å². The van der Waals surface area contributed by atoms with E-state index < -0.39 is 21.7 Å². The summed E-state index contributed by atoms with van der Waals surface area (Å²) in [4.78, 5) is 11.1. The highest BCUT2D eigenvalue weighted by molar-refractivity contribution is 9.10. The van der Waals surface area contributed by atoms with Crippen molar-refractivity contribution in [3.8, 4) is 0 Å². The van der Waals surface area contributed by atoms with Crippen molar-refractivity contribution in [3.63, 3.8) is 0 Å². The Bertz CT molecular complexity index is 560. The number of halogens is 2. The molecule has 1 rings (SSSR count). The Morgan fingerprint density at radius 2 is 2.12 bits per heavy atom. The van der Waals surface area contributed by atoms with Gasteiger partial charge in [0.05, 0.1) is 10.5 Å². The summed E-state index contributed by atoms with van der Waals surface area (Å²) in [6.45, 7) is 1.97. The van der Waals surface area contributed by atoms with E-state index in [0.717, 1.165) is 12.1 Å². The number of carbonyl (C=O) groups is 1. The first-order valence-electron chi connectivity index (χ1n) is 4.57. The van der Waals surface area contributed by atoms with Gasteiger partial charge in [0.15, 0.2) is 0 Å². The minimum Gasteiger partial charge on any atom is -0.352 e. The van der Waals surface area contributed by atoms with E-state index in [1.54, 1.807) is 6.92 Å².